The summed E-state index contributed by atoms with van der Waals surface area (Å²) in [4.78, 5) is 18.5. The summed E-state index contributed by atoms with van der Waals surface area (Å²) in [6, 6.07) is 0.515. The first kappa shape index (κ1) is 10.0. The third-order valence-electron chi connectivity index (χ3n) is 2.67. The molecule has 1 aliphatic rings. The zero-order chi connectivity index (χ0) is 10.8. The molecule has 5 nitrogen and oxygen atoms in total. The Balaban J connectivity index is 2.03. The van der Waals surface area contributed by atoms with Crippen LogP contribution in [0.15, 0.2) is 12.5 Å². The van der Waals surface area contributed by atoms with Gasteiger partial charge in [0.1, 0.15) is 11.9 Å². The predicted molar refractivity (Wildman–Crippen MR) is 53.4 cm³/mol. The Morgan fingerprint density at radius 2 is 2.47 bits per heavy atom. The Labute approximate surface area is 87.6 Å². The Morgan fingerprint density at radius 3 is 3.07 bits per heavy atom. The lowest BCUT2D eigenvalue weighted by Gasteiger charge is -2.05. The van der Waals surface area contributed by atoms with Crippen molar-refractivity contribution in [2.75, 3.05) is 0 Å². The van der Waals surface area contributed by atoms with Crippen molar-refractivity contribution in [3.05, 3.63) is 23.8 Å². The van der Waals surface area contributed by atoms with E-state index in [9.17, 15) is 4.79 Å². The van der Waals surface area contributed by atoms with E-state index in [1.807, 2.05) is 0 Å². The SMILES string of the molecule is CC1CC1NCc1ncncc1C(=O)O. The third kappa shape index (κ3) is 2.30. The van der Waals surface area contributed by atoms with Crippen LogP contribution in [-0.2, 0) is 6.54 Å². The number of aromatic carboxylic acids is 1. The average molecular weight is 207 g/mol. The van der Waals surface area contributed by atoms with Crippen LogP contribution >= 0.6 is 0 Å². The second-order valence-corrected chi connectivity index (χ2v) is 3.89. The topological polar surface area (TPSA) is 75.1 Å². The smallest absolute Gasteiger partial charge is 0.339 e. The maximum atomic E-state index is 10.8. The molecule has 5 heteroatoms. The van der Waals surface area contributed by atoms with Crippen molar-refractivity contribution in [1.29, 1.82) is 0 Å². The van der Waals surface area contributed by atoms with E-state index in [0.29, 0.717) is 24.2 Å². The van der Waals surface area contributed by atoms with E-state index in [2.05, 4.69) is 22.2 Å². The molecule has 0 aromatic carbocycles. The van der Waals surface area contributed by atoms with Gasteiger partial charge in [0.25, 0.3) is 0 Å². The van der Waals surface area contributed by atoms with E-state index >= 15 is 0 Å². The Kier molecular flexibility index (Phi) is 2.64. The van der Waals surface area contributed by atoms with Crippen LogP contribution in [-0.4, -0.2) is 27.1 Å². The summed E-state index contributed by atoms with van der Waals surface area (Å²) >= 11 is 0. The zero-order valence-electron chi connectivity index (χ0n) is 8.47. The molecule has 1 aliphatic carbocycles. The molecule has 15 heavy (non-hydrogen) atoms. The molecule has 0 spiro atoms. The fourth-order valence-electron chi connectivity index (χ4n) is 1.51. The van der Waals surface area contributed by atoms with Gasteiger partial charge in [0.05, 0.1) is 5.69 Å². The van der Waals surface area contributed by atoms with Gasteiger partial charge in [-0.05, 0) is 12.3 Å². The molecule has 2 rings (SSSR count). The highest BCUT2D eigenvalue weighted by Crippen LogP contribution is 2.29. The minimum atomic E-state index is -0.976. The molecule has 0 aliphatic heterocycles. The molecule has 2 N–H and O–H groups in total. The fraction of sp³-hybridized carbons (Fsp3) is 0.500. The van der Waals surface area contributed by atoms with Gasteiger partial charge in [-0.3, -0.25) is 0 Å². The molecule has 0 amide bonds. The second-order valence-electron chi connectivity index (χ2n) is 3.89. The van der Waals surface area contributed by atoms with Crippen molar-refractivity contribution >= 4 is 5.97 Å². The summed E-state index contributed by atoms with van der Waals surface area (Å²) in [6.07, 6.45) is 3.87. The Morgan fingerprint density at radius 1 is 1.73 bits per heavy atom. The molecule has 2 atom stereocenters. The van der Waals surface area contributed by atoms with Gasteiger partial charge in [0, 0.05) is 18.8 Å². The number of nitrogens with zero attached hydrogens (tertiary/aromatic N) is 2. The first-order valence-electron chi connectivity index (χ1n) is 4.94. The van der Waals surface area contributed by atoms with Gasteiger partial charge in [-0.2, -0.15) is 0 Å². The normalized spacial score (nSPS) is 23.8. The van der Waals surface area contributed by atoms with Crippen LogP contribution in [0.3, 0.4) is 0 Å². The number of aromatic nitrogens is 2. The quantitative estimate of drug-likeness (QED) is 0.759. The lowest BCUT2D eigenvalue weighted by molar-refractivity contribution is 0.0694. The van der Waals surface area contributed by atoms with Crippen LogP contribution < -0.4 is 5.32 Å². The van der Waals surface area contributed by atoms with E-state index in [1.54, 1.807) is 0 Å². The highest BCUT2D eigenvalue weighted by molar-refractivity contribution is 5.88. The molecular weight excluding hydrogens is 194 g/mol. The maximum absolute atomic E-state index is 10.8. The Bertz CT molecular complexity index is 381. The molecule has 2 unspecified atom stereocenters. The zero-order valence-corrected chi connectivity index (χ0v) is 8.47. The maximum Gasteiger partial charge on any atom is 0.339 e. The van der Waals surface area contributed by atoms with Gasteiger partial charge >= 0.3 is 5.97 Å². The van der Waals surface area contributed by atoms with Crippen molar-refractivity contribution in [2.45, 2.75) is 25.9 Å². The van der Waals surface area contributed by atoms with Gasteiger partial charge in [0.2, 0.25) is 0 Å². The molecule has 0 bridgehead atoms. The molecule has 80 valence electrons. The molecule has 0 radical (unpaired) electrons. The Hall–Kier alpha value is -1.49. The predicted octanol–water partition coefficient (Wildman–Crippen LogP) is 0.673. The number of hydrogen-bond donors (Lipinski definition) is 2. The highest BCUT2D eigenvalue weighted by atomic mass is 16.4. The summed E-state index contributed by atoms with van der Waals surface area (Å²) < 4.78 is 0. The van der Waals surface area contributed by atoms with Gasteiger partial charge in [-0.25, -0.2) is 14.8 Å². The molecule has 0 saturated heterocycles. The minimum Gasteiger partial charge on any atom is -0.478 e. The highest BCUT2D eigenvalue weighted by Gasteiger charge is 2.32. The minimum absolute atomic E-state index is 0.179. The number of rotatable bonds is 4. The first-order valence-corrected chi connectivity index (χ1v) is 4.94. The summed E-state index contributed by atoms with van der Waals surface area (Å²) in [6.45, 7) is 2.66. The van der Waals surface area contributed by atoms with E-state index in [-0.39, 0.29) is 5.56 Å². The van der Waals surface area contributed by atoms with Crippen molar-refractivity contribution in [1.82, 2.24) is 15.3 Å². The number of carbonyl (C=O) groups is 1. The molecule has 1 saturated carbocycles. The lowest BCUT2D eigenvalue weighted by Crippen LogP contribution is -2.20. The van der Waals surface area contributed by atoms with E-state index < -0.39 is 5.97 Å². The summed E-state index contributed by atoms with van der Waals surface area (Å²) in [5.41, 5.74) is 0.731. The standard InChI is InChI=1S/C10H13N3O2/c1-6-2-8(6)12-4-9-7(10(14)15)3-11-5-13-9/h3,5-6,8,12H,2,4H2,1H3,(H,14,15). The van der Waals surface area contributed by atoms with Crippen molar-refractivity contribution in [2.24, 2.45) is 5.92 Å². The van der Waals surface area contributed by atoms with Crippen LogP contribution in [0, 0.1) is 5.92 Å². The molecule has 1 fully saturated rings. The van der Waals surface area contributed by atoms with Crippen LogP contribution in [0.5, 0.6) is 0 Å². The molecular formula is C10H13N3O2. The van der Waals surface area contributed by atoms with Crippen LogP contribution in [0.2, 0.25) is 0 Å². The third-order valence-corrected chi connectivity index (χ3v) is 2.67. The summed E-state index contributed by atoms with van der Waals surface area (Å²) in [5, 5.41) is 12.2. The van der Waals surface area contributed by atoms with Crippen LogP contribution in [0.1, 0.15) is 29.4 Å². The fourth-order valence-corrected chi connectivity index (χ4v) is 1.51. The van der Waals surface area contributed by atoms with Crippen LogP contribution in [0.4, 0.5) is 0 Å². The average Bonchev–Trinajstić information content (AvgIpc) is 2.92. The molecule has 1 heterocycles. The number of carboxylic acid groups (broad SMARTS) is 1. The second kappa shape index (κ2) is 3.94. The largest absolute Gasteiger partial charge is 0.478 e. The van der Waals surface area contributed by atoms with E-state index in [1.165, 1.54) is 12.5 Å². The van der Waals surface area contributed by atoms with Gasteiger partial charge < -0.3 is 10.4 Å². The lowest BCUT2D eigenvalue weighted by atomic mass is 10.2. The molecule has 1 aromatic heterocycles. The van der Waals surface area contributed by atoms with E-state index in [4.69, 9.17) is 5.11 Å². The summed E-state index contributed by atoms with van der Waals surface area (Å²) in [5.74, 6) is -0.281. The van der Waals surface area contributed by atoms with Crippen LogP contribution in [0.25, 0.3) is 0 Å². The van der Waals surface area contributed by atoms with E-state index in [0.717, 1.165) is 6.42 Å². The number of carboxylic acids is 1. The van der Waals surface area contributed by atoms with Gasteiger partial charge in [0.15, 0.2) is 0 Å². The van der Waals surface area contributed by atoms with Crippen molar-refractivity contribution < 1.29 is 9.90 Å². The number of hydrogen-bond acceptors (Lipinski definition) is 4. The van der Waals surface area contributed by atoms with Gasteiger partial charge in [-0.1, -0.05) is 6.92 Å². The summed E-state index contributed by atoms with van der Waals surface area (Å²) in [7, 11) is 0. The van der Waals surface area contributed by atoms with Crippen molar-refractivity contribution in [3.63, 3.8) is 0 Å². The first-order chi connectivity index (χ1) is 7.18. The monoisotopic (exact) mass is 207 g/mol. The number of nitrogens with one attached hydrogen (secondary N) is 1. The van der Waals surface area contributed by atoms with Crippen molar-refractivity contribution in [3.8, 4) is 0 Å². The molecule has 1 aromatic rings. The van der Waals surface area contributed by atoms with Gasteiger partial charge in [-0.15, -0.1) is 0 Å².